The van der Waals surface area contributed by atoms with Crippen molar-refractivity contribution in [2.75, 3.05) is 26.4 Å². The molecule has 0 rings (SSSR count). The van der Waals surface area contributed by atoms with Gasteiger partial charge in [0.15, 0.2) is 0 Å². The van der Waals surface area contributed by atoms with Crippen molar-refractivity contribution in [2.24, 2.45) is 0 Å². The summed E-state index contributed by atoms with van der Waals surface area (Å²) in [4.78, 5) is 34.2. The third-order valence-electron chi connectivity index (χ3n) is 13.4. The van der Waals surface area contributed by atoms with E-state index in [1.807, 2.05) is 0 Å². The molecule has 0 aliphatic rings. The van der Waals surface area contributed by atoms with Crippen LogP contribution in [0, 0.1) is 0 Å². The van der Waals surface area contributed by atoms with Gasteiger partial charge in [-0.3, -0.25) is 18.6 Å². The lowest BCUT2D eigenvalue weighted by molar-refractivity contribution is -0.147. The van der Waals surface area contributed by atoms with Crippen LogP contribution < -0.4 is 5.32 Å². The van der Waals surface area contributed by atoms with Crippen molar-refractivity contribution in [3.8, 4) is 0 Å². The van der Waals surface area contributed by atoms with Gasteiger partial charge in [-0.1, -0.05) is 276 Å². The summed E-state index contributed by atoms with van der Waals surface area (Å²) in [7, 11) is -4.42. The van der Waals surface area contributed by atoms with E-state index in [1.54, 1.807) is 0 Å². The van der Waals surface area contributed by atoms with Gasteiger partial charge in [0.25, 0.3) is 0 Å². The van der Waals surface area contributed by atoms with Crippen LogP contribution in [-0.4, -0.2) is 54.3 Å². The second-order valence-corrected chi connectivity index (χ2v) is 21.8. The second-order valence-electron chi connectivity index (χ2n) is 20.3. The van der Waals surface area contributed by atoms with Crippen molar-refractivity contribution in [1.29, 1.82) is 0 Å². The first kappa shape index (κ1) is 66.8. The van der Waals surface area contributed by atoms with E-state index >= 15 is 0 Å². The van der Waals surface area contributed by atoms with Gasteiger partial charge in [0, 0.05) is 19.4 Å². The Morgan fingerprint density at radius 1 is 0.441 bits per heavy atom. The number of amides is 1. The van der Waals surface area contributed by atoms with Crippen molar-refractivity contribution in [2.45, 2.75) is 322 Å². The Kier molecular flexibility index (Phi) is 54.1. The van der Waals surface area contributed by atoms with Gasteiger partial charge in [0.05, 0.1) is 13.2 Å². The van der Waals surface area contributed by atoms with E-state index in [1.165, 1.54) is 250 Å². The van der Waals surface area contributed by atoms with Crippen LogP contribution in [0.2, 0.25) is 0 Å². The Morgan fingerprint density at radius 3 is 1.10 bits per heavy atom. The average molecular weight is 985 g/mol. The SMILES string of the molecule is CCCCCCCC/C=C/CCCCCCCCCCCCCCCC(=O)NCCOP(=O)(O)OCC(O)COC(=O)CCCCCCCCCCCCCCCCCCCCCCCCCC. The van der Waals surface area contributed by atoms with E-state index in [2.05, 4.69) is 31.3 Å². The number of ether oxygens (including phenoxy) is 1. The smallest absolute Gasteiger partial charge is 0.463 e. The van der Waals surface area contributed by atoms with E-state index in [4.69, 9.17) is 13.8 Å². The number of hydrogen-bond acceptors (Lipinski definition) is 7. The number of phosphoric ester groups is 1. The molecule has 0 fully saturated rings. The fourth-order valence-electron chi connectivity index (χ4n) is 8.97. The molecule has 404 valence electrons. The van der Waals surface area contributed by atoms with Crippen molar-refractivity contribution < 1.29 is 37.9 Å². The zero-order valence-corrected chi connectivity index (χ0v) is 46.0. The van der Waals surface area contributed by atoms with Gasteiger partial charge < -0.3 is 20.1 Å². The lowest BCUT2D eigenvalue weighted by Crippen LogP contribution is -2.27. The van der Waals surface area contributed by atoms with Crippen molar-refractivity contribution >= 4 is 19.7 Å². The third-order valence-corrected chi connectivity index (χ3v) is 14.4. The van der Waals surface area contributed by atoms with Gasteiger partial charge in [-0.05, 0) is 38.5 Å². The maximum absolute atomic E-state index is 12.2. The highest BCUT2D eigenvalue weighted by atomic mass is 31.2. The molecule has 0 aliphatic carbocycles. The fraction of sp³-hybridized carbons (Fsp3) is 0.931. The number of aliphatic hydroxyl groups is 1. The average Bonchev–Trinajstić information content (AvgIpc) is 3.33. The zero-order valence-electron chi connectivity index (χ0n) is 45.1. The van der Waals surface area contributed by atoms with Gasteiger partial charge in [0.2, 0.25) is 5.91 Å². The molecule has 0 aromatic rings. The van der Waals surface area contributed by atoms with Crippen LogP contribution >= 0.6 is 7.82 Å². The topological polar surface area (TPSA) is 131 Å². The van der Waals surface area contributed by atoms with Crippen LogP contribution in [0.1, 0.15) is 316 Å². The normalized spacial score (nSPS) is 13.1. The minimum absolute atomic E-state index is 0.0865. The molecule has 0 heterocycles. The van der Waals surface area contributed by atoms with Crippen molar-refractivity contribution in [3.63, 3.8) is 0 Å². The molecule has 0 saturated heterocycles. The van der Waals surface area contributed by atoms with E-state index in [-0.39, 0.29) is 25.7 Å². The Bertz CT molecular complexity index is 1120. The molecule has 9 nitrogen and oxygen atoms in total. The van der Waals surface area contributed by atoms with Gasteiger partial charge >= 0.3 is 13.8 Å². The minimum Gasteiger partial charge on any atom is -0.463 e. The summed E-state index contributed by atoms with van der Waals surface area (Å²) < 4.78 is 27.1. The molecule has 3 N–H and O–H groups in total. The lowest BCUT2D eigenvalue weighted by atomic mass is 10.0. The van der Waals surface area contributed by atoms with Crippen LogP contribution in [0.4, 0.5) is 0 Å². The molecule has 2 unspecified atom stereocenters. The first-order valence-corrected chi connectivity index (χ1v) is 31.2. The highest BCUT2D eigenvalue weighted by molar-refractivity contribution is 7.47. The molecular formula is C58H114NO8P. The standard InChI is InChI=1S/C58H114NO8P/c1-3-5-7-9-11-13-15-17-19-21-23-25-27-29-31-33-35-37-39-41-43-45-47-49-51-58(62)65-54-56(60)55-67-68(63,64)66-53-52-59-57(61)50-48-46-44-42-40-38-36-34-32-30-28-26-24-22-20-18-16-14-12-10-8-6-4-2/h18,20,56,60H,3-17,19,21-55H2,1-2H3,(H,59,61)(H,63,64)/b20-18+. The van der Waals surface area contributed by atoms with Crippen LogP contribution in [0.25, 0.3) is 0 Å². The summed E-state index contributed by atoms with van der Waals surface area (Å²) in [6.45, 7) is 3.63. The van der Waals surface area contributed by atoms with Crippen LogP contribution in [-0.2, 0) is 27.9 Å². The van der Waals surface area contributed by atoms with Gasteiger partial charge in [-0.25, -0.2) is 4.57 Å². The predicted octanol–water partition coefficient (Wildman–Crippen LogP) is 18.1. The summed E-state index contributed by atoms with van der Waals surface area (Å²) in [6, 6.07) is 0. The largest absolute Gasteiger partial charge is 0.472 e. The minimum atomic E-state index is -4.42. The van der Waals surface area contributed by atoms with Crippen molar-refractivity contribution in [1.82, 2.24) is 5.32 Å². The number of nitrogens with one attached hydrogen (secondary N) is 1. The molecule has 0 saturated carbocycles. The Balaban J connectivity index is 3.47. The molecule has 0 aromatic carbocycles. The van der Waals surface area contributed by atoms with E-state index < -0.39 is 26.5 Å². The van der Waals surface area contributed by atoms with E-state index in [9.17, 15) is 24.2 Å². The third kappa shape index (κ3) is 55.7. The number of esters is 1. The van der Waals surface area contributed by atoms with E-state index in [0.717, 1.165) is 38.5 Å². The maximum atomic E-state index is 12.2. The number of rotatable bonds is 57. The summed E-state index contributed by atoms with van der Waals surface area (Å²) in [5.41, 5.74) is 0. The monoisotopic (exact) mass is 984 g/mol. The number of carbonyl (C=O) groups is 2. The Hall–Kier alpha value is -1.25. The van der Waals surface area contributed by atoms with Crippen molar-refractivity contribution in [3.05, 3.63) is 12.2 Å². The first-order valence-electron chi connectivity index (χ1n) is 29.7. The lowest BCUT2D eigenvalue weighted by Gasteiger charge is -2.15. The zero-order chi connectivity index (χ0) is 49.5. The highest BCUT2D eigenvalue weighted by Crippen LogP contribution is 2.43. The second kappa shape index (κ2) is 55.1. The van der Waals surface area contributed by atoms with Gasteiger partial charge in [-0.15, -0.1) is 0 Å². The quantitative estimate of drug-likeness (QED) is 0.0238. The Morgan fingerprint density at radius 2 is 0.750 bits per heavy atom. The highest BCUT2D eigenvalue weighted by Gasteiger charge is 2.23. The molecule has 2 atom stereocenters. The summed E-state index contributed by atoms with van der Waals surface area (Å²) >= 11 is 0. The molecular weight excluding hydrogens is 870 g/mol. The number of carbonyl (C=O) groups excluding carboxylic acids is 2. The molecule has 1 amide bonds. The van der Waals surface area contributed by atoms with Gasteiger partial charge in [0.1, 0.15) is 12.7 Å². The number of hydrogen-bond donors (Lipinski definition) is 3. The number of allylic oxidation sites excluding steroid dienone is 2. The summed E-state index contributed by atoms with van der Waals surface area (Å²) in [5.74, 6) is -0.498. The molecule has 10 heteroatoms. The number of phosphoric acid groups is 1. The molecule has 0 aliphatic heterocycles. The first-order chi connectivity index (χ1) is 33.3. The molecule has 0 aromatic heterocycles. The fourth-order valence-corrected chi connectivity index (χ4v) is 9.73. The van der Waals surface area contributed by atoms with Crippen LogP contribution in [0.15, 0.2) is 12.2 Å². The van der Waals surface area contributed by atoms with Crippen LogP contribution in [0.5, 0.6) is 0 Å². The summed E-state index contributed by atoms with van der Waals surface area (Å²) in [5, 5.41) is 12.8. The maximum Gasteiger partial charge on any atom is 0.472 e. The molecule has 68 heavy (non-hydrogen) atoms. The predicted molar refractivity (Wildman–Crippen MR) is 289 cm³/mol. The van der Waals surface area contributed by atoms with E-state index in [0.29, 0.717) is 12.8 Å². The van der Waals surface area contributed by atoms with Crippen LogP contribution in [0.3, 0.4) is 0 Å². The molecule has 0 bridgehead atoms. The Labute approximate surface area is 421 Å². The van der Waals surface area contributed by atoms with Gasteiger partial charge in [-0.2, -0.15) is 0 Å². The number of aliphatic hydroxyl groups excluding tert-OH is 1. The number of unbranched alkanes of at least 4 members (excludes halogenated alkanes) is 42. The molecule has 0 spiro atoms. The summed E-state index contributed by atoms with van der Waals surface area (Å²) in [6.07, 6.45) is 63.2. The molecule has 0 radical (unpaired) electrons.